The van der Waals surface area contributed by atoms with Crippen molar-refractivity contribution >= 4 is 29.8 Å². The zero-order valence-corrected chi connectivity index (χ0v) is 23.8. The minimum atomic E-state index is -1.39. The van der Waals surface area contributed by atoms with Crippen molar-refractivity contribution in [2.45, 2.75) is 76.8 Å². The van der Waals surface area contributed by atoms with Crippen LogP contribution in [0.3, 0.4) is 0 Å². The number of hydrogen-bond acceptors (Lipinski definition) is 7. The van der Waals surface area contributed by atoms with E-state index in [4.69, 9.17) is 15.6 Å². The number of nitrogens with two attached hydrogens (primary N) is 1. The van der Waals surface area contributed by atoms with Crippen molar-refractivity contribution in [3.8, 4) is 0 Å². The SMILES string of the molecule is CC[C@H](C)[C@H](NC(=O)[C@H](CCC(=O)O)NC(=O)C[C@H](O)[C@H](Cc1ccccc1)NC(=O)OCc1ccccc1)C(N)=O. The number of aliphatic hydroxyl groups excluding tert-OH is 1. The van der Waals surface area contributed by atoms with Crippen LogP contribution in [0.15, 0.2) is 60.7 Å². The van der Waals surface area contributed by atoms with E-state index >= 15 is 0 Å². The Labute approximate surface area is 245 Å². The summed E-state index contributed by atoms with van der Waals surface area (Å²) in [4.78, 5) is 61.5. The largest absolute Gasteiger partial charge is 0.481 e. The Morgan fingerprint density at radius 1 is 0.905 bits per heavy atom. The van der Waals surface area contributed by atoms with Crippen molar-refractivity contribution in [2.24, 2.45) is 11.7 Å². The summed E-state index contributed by atoms with van der Waals surface area (Å²) in [5, 5.41) is 27.7. The lowest BCUT2D eigenvalue weighted by molar-refractivity contribution is -0.138. The molecule has 0 bridgehead atoms. The average molecular weight is 585 g/mol. The van der Waals surface area contributed by atoms with Crippen LogP contribution < -0.4 is 21.7 Å². The molecule has 2 aromatic carbocycles. The molecule has 0 heterocycles. The van der Waals surface area contributed by atoms with Gasteiger partial charge in [-0.2, -0.15) is 0 Å². The zero-order valence-electron chi connectivity index (χ0n) is 23.8. The highest BCUT2D eigenvalue weighted by molar-refractivity contribution is 5.92. The number of carboxylic acid groups (broad SMARTS) is 1. The molecule has 0 aliphatic rings. The quantitative estimate of drug-likeness (QED) is 0.161. The molecule has 0 aromatic heterocycles. The molecule has 0 saturated heterocycles. The van der Waals surface area contributed by atoms with Crippen molar-refractivity contribution in [2.75, 3.05) is 0 Å². The Bertz CT molecular complexity index is 1180. The second kappa shape index (κ2) is 17.4. The van der Waals surface area contributed by atoms with Crippen molar-refractivity contribution in [1.29, 1.82) is 0 Å². The number of nitrogens with one attached hydrogen (secondary N) is 3. The van der Waals surface area contributed by atoms with E-state index in [1.807, 2.05) is 19.1 Å². The zero-order chi connectivity index (χ0) is 31.1. The van der Waals surface area contributed by atoms with Gasteiger partial charge in [-0.25, -0.2) is 4.79 Å². The molecule has 42 heavy (non-hydrogen) atoms. The predicted octanol–water partition coefficient (Wildman–Crippen LogP) is 1.64. The van der Waals surface area contributed by atoms with Crippen molar-refractivity contribution < 1.29 is 38.9 Å². The molecular formula is C30H40N4O8. The Morgan fingerprint density at radius 2 is 1.50 bits per heavy atom. The van der Waals surface area contributed by atoms with E-state index < -0.39 is 66.9 Å². The highest BCUT2D eigenvalue weighted by Gasteiger charge is 2.30. The monoisotopic (exact) mass is 584 g/mol. The number of carboxylic acids is 1. The van der Waals surface area contributed by atoms with Crippen LogP contribution in [0, 0.1) is 5.92 Å². The van der Waals surface area contributed by atoms with Gasteiger partial charge >= 0.3 is 12.1 Å². The fraction of sp³-hybridized carbons (Fsp3) is 0.433. The topological polar surface area (TPSA) is 197 Å². The summed E-state index contributed by atoms with van der Waals surface area (Å²) in [6.45, 7) is 3.54. The van der Waals surface area contributed by atoms with Crippen LogP contribution in [0.5, 0.6) is 0 Å². The van der Waals surface area contributed by atoms with Gasteiger partial charge in [0.2, 0.25) is 17.7 Å². The third-order valence-electron chi connectivity index (χ3n) is 6.79. The Hall–Kier alpha value is -4.45. The standard InChI is InChI=1S/C30H40N4O8/c1-3-19(2)27(28(31)39)34-29(40)22(14-15-26(37)38)32-25(36)17-24(35)23(16-20-10-6-4-7-11-20)33-30(41)42-18-21-12-8-5-9-13-21/h4-13,19,22-24,27,35H,3,14-18H2,1-2H3,(H2,31,39)(H,32,36)(H,33,41)(H,34,40)(H,37,38)/t19-,22-,23-,24-,27-/m0/s1. The number of amides is 4. The van der Waals surface area contributed by atoms with Crippen LogP contribution in [0.1, 0.15) is 50.7 Å². The molecule has 7 N–H and O–H groups in total. The maximum absolute atomic E-state index is 13.0. The fourth-order valence-electron chi connectivity index (χ4n) is 4.17. The average Bonchev–Trinajstić information content (AvgIpc) is 2.96. The number of hydrogen-bond donors (Lipinski definition) is 6. The van der Waals surface area contributed by atoms with Crippen molar-refractivity contribution in [3.05, 3.63) is 71.8 Å². The highest BCUT2D eigenvalue weighted by Crippen LogP contribution is 2.12. The summed E-state index contributed by atoms with van der Waals surface area (Å²) in [5.41, 5.74) is 6.98. The predicted molar refractivity (Wildman–Crippen MR) is 154 cm³/mol. The Kier molecular flexibility index (Phi) is 14.0. The van der Waals surface area contributed by atoms with Gasteiger partial charge in [0.05, 0.1) is 18.6 Å². The molecule has 0 spiro atoms. The molecule has 0 radical (unpaired) electrons. The smallest absolute Gasteiger partial charge is 0.407 e. The Balaban J connectivity index is 2.11. The van der Waals surface area contributed by atoms with Crippen LogP contribution in [0.2, 0.25) is 0 Å². The van der Waals surface area contributed by atoms with Gasteiger partial charge in [0, 0.05) is 6.42 Å². The summed E-state index contributed by atoms with van der Waals surface area (Å²) in [6.07, 6.45) is -2.68. The van der Waals surface area contributed by atoms with E-state index in [-0.39, 0.29) is 25.4 Å². The van der Waals surface area contributed by atoms with E-state index in [9.17, 15) is 29.1 Å². The van der Waals surface area contributed by atoms with E-state index in [1.165, 1.54) is 0 Å². The molecule has 4 amide bonds. The first-order valence-corrected chi connectivity index (χ1v) is 13.8. The minimum Gasteiger partial charge on any atom is -0.481 e. The molecular weight excluding hydrogens is 544 g/mol. The first kappa shape index (κ1) is 33.8. The van der Waals surface area contributed by atoms with Gasteiger partial charge in [-0.1, -0.05) is 80.9 Å². The Morgan fingerprint density at radius 3 is 2.05 bits per heavy atom. The molecule has 5 atom stereocenters. The summed E-state index contributed by atoms with van der Waals surface area (Å²) < 4.78 is 5.28. The summed E-state index contributed by atoms with van der Waals surface area (Å²) in [6, 6.07) is 14.8. The summed E-state index contributed by atoms with van der Waals surface area (Å²) >= 11 is 0. The van der Waals surface area contributed by atoms with Gasteiger partial charge in [0.15, 0.2) is 0 Å². The molecule has 2 rings (SSSR count). The third-order valence-corrected chi connectivity index (χ3v) is 6.79. The molecule has 0 fully saturated rings. The lowest BCUT2D eigenvalue weighted by Gasteiger charge is -2.26. The molecule has 0 unspecified atom stereocenters. The van der Waals surface area contributed by atoms with Crippen molar-refractivity contribution in [3.63, 3.8) is 0 Å². The second-order valence-electron chi connectivity index (χ2n) is 10.1. The van der Waals surface area contributed by atoms with Gasteiger partial charge in [-0.15, -0.1) is 0 Å². The number of carbonyl (C=O) groups excluding carboxylic acids is 4. The number of carbonyl (C=O) groups is 5. The van der Waals surface area contributed by atoms with Crippen LogP contribution >= 0.6 is 0 Å². The first-order chi connectivity index (χ1) is 20.0. The van der Waals surface area contributed by atoms with E-state index in [0.717, 1.165) is 11.1 Å². The van der Waals surface area contributed by atoms with Crippen LogP contribution in [0.4, 0.5) is 4.79 Å². The first-order valence-electron chi connectivity index (χ1n) is 13.8. The highest BCUT2D eigenvalue weighted by atomic mass is 16.5. The summed E-state index contributed by atoms with van der Waals surface area (Å²) in [7, 11) is 0. The number of alkyl carbamates (subject to hydrolysis) is 1. The number of benzene rings is 2. The van der Waals surface area contributed by atoms with E-state index in [1.54, 1.807) is 55.5 Å². The van der Waals surface area contributed by atoms with Crippen LogP contribution in [-0.4, -0.2) is 64.2 Å². The molecule has 0 aliphatic heterocycles. The molecule has 12 nitrogen and oxygen atoms in total. The van der Waals surface area contributed by atoms with Gasteiger partial charge in [-0.3, -0.25) is 19.2 Å². The van der Waals surface area contributed by atoms with Crippen LogP contribution in [0.25, 0.3) is 0 Å². The van der Waals surface area contributed by atoms with Gasteiger partial charge in [0.25, 0.3) is 0 Å². The molecule has 12 heteroatoms. The molecule has 228 valence electrons. The maximum atomic E-state index is 13.0. The van der Waals surface area contributed by atoms with Crippen molar-refractivity contribution in [1.82, 2.24) is 16.0 Å². The normalized spacial score (nSPS) is 14.4. The third kappa shape index (κ3) is 12.0. The van der Waals surface area contributed by atoms with E-state index in [2.05, 4.69) is 16.0 Å². The minimum absolute atomic E-state index is 0.00459. The lowest BCUT2D eigenvalue weighted by atomic mass is 9.97. The second-order valence-corrected chi connectivity index (χ2v) is 10.1. The number of aliphatic hydroxyl groups is 1. The van der Waals surface area contributed by atoms with Gasteiger partial charge < -0.3 is 36.6 Å². The number of rotatable bonds is 17. The molecule has 0 aliphatic carbocycles. The fourth-order valence-corrected chi connectivity index (χ4v) is 4.17. The number of primary amides is 1. The molecule has 2 aromatic rings. The van der Waals surface area contributed by atoms with Gasteiger partial charge in [-0.05, 0) is 29.9 Å². The number of aliphatic carboxylic acids is 1. The lowest BCUT2D eigenvalue weighted by Crippen LogP contribution is -2.55. The van der Waals surface area contributed by atoms with E-state index in [0.29, 0.717) is 6.42 Å². The molecule has 0 saturated carbocycles. The van der Waals surface area contributed by atoms with Gasteiger partial charge in [0.1, 0.15) is 18.7 Å². The number of ether oxygens (including phenoxy) is 1. The summed E-state index contributed by atoms with van der Waals surface area (Å²) in [5.74, 6) is -3.77. The maximum Gasteiger partial charge on any atom is 0.407 e. The van der Waals surface area contributed by atoms with Crippen LogP contribution in [-0.2, 0) is 36.9 Å².